The predicted octanol–water partition coefficient (Wildman–Crippen LogP) is 4.55. The maximum atomic E-state index is 10.5. The van der Waals surface area contributed by atoms with Gasteiger partial charge in [0.15, 0.2) is 0 Å². The Labute approximate surface area is 172 Å². The summed E-state index contributed by atoms with van der Waals surface area (Å²) in [5.41, 5.74) is 4.79. The number of fused-ring (bicyclic) bond motifs is 1. The number of β-amino-alcohol motifs (C(OH)–C–C–N with tert-alkyl or cyclic N) is 1. The van der Waals surface area contributed by atoms with Crippen LogP contribution in [-0.4, -0.2) is 38.0 Å². The van der Waals surface area contributed by atoms with Crippen molar-refractivity contribution in [2.75, 3.05) is 31.7 Å². The minimum atomic E-state index is -0.558. The normalized spacial score (nSPS) is 14.2. The van der Waals surface area contributed by atoms with Gasteiger partial charge in [-0.15, -0.1) is 0 Å². The Kier molecular flexibility index (Phi) is 6.01. The molecule has 1 N–H and O–H groups in total. The Morgan fingerprint density at radius 3 is 2.41 bits per heavy atom. The molecule has 29 heavy (non-hydrogen) atoms. The van der Waals surface area contributed by atoms with E-state index in [1.54, 1.807) is 7.11 Å². The smallest absolute Gasteiger partial charge is 0.119 e. The first-order valence-electron chi connectivity index (χ1n) is 10.1. The molecule has 0 bridgehead atoms. The Morgan fingerprint density at radius 2 is 1.66 bits per heavy atom. The van der Waals surface area contributed by atoms with E-state index in [-0.39, 0.29) is 6.61 Å². The molecule has 0 fully saturated rings. The summed E-state index contributed by atoms with van der Waals surface area (Å²) in [6.07, 6.45) is 1.56. The first kappa shape index (κ1) is 19.3. The molecule has 4 rings (SSSR count). The highest BCUT2D eigenvalue weighted by molar-refractivity contribution is 5.64. The van der Waals surface area contributed by atoms with Crippen LogP contribution in [0.15, 0.2) is 72.8 Å². The maximum Gasteiger partial charge on any atom is 0.119 e. The zero-order chi connectivity index (χ0) is 20.1. The summed E-state index contributed by atoms with van der Waals surface area (Å²) >= 11 is 0. The van der Waals surface area contributed by atoms with Gasteiger partial charge in [0.05, 0.1) is 7.11 Å². The van der Waals surface area contributed by atoms with Crippen LogP contribution in [0.1, 0.15) is 12.0 Å². The van der Waals surface area contributed by atoms with Crippen molar-refractivity contribution >= 4 is 5.69 Å². The van der Waals surface area contributed by atoms with Crippen LogP contribution in [0.5, 0.6) is 11.5 Å². The molecule has 1 aliphatic rings. The van der Waals surface area contributed by atoms with Crippen molar-refractivity contribution in [3.8, 4) is 22.6 Å². The molecule has 1 heterocycles. The molecule has 4 heteroatoms. The van der Waals surface area contributed by atoms with E-state index >= 15 is 0 Å². The van der Waals surface area contributed by atoms with E-state index in [0.717, 1.165) is 36.4 Å². The van der Waals surface area contributed by atoms with Gasteiger partial charge in [0.25, 0.3) is 0 Å². The number of hydrogen-bond donors (Lipinski definition) is 1. The molecule has 150 valence electrons. The van der Waals surface area contributed by atoms with Crippen molar-refractivity contribution < 1.29 is 14.6 Å². The molecule has 0 amide bonds. The number of ether oxygens (including phenoxy) is 2. The number of hydrogen-bond acceptors (Lipinski definition) is 4. The molecule has 0 aliphatic carbocycles. The van der Waals surface area contributed by atoms with Gasteiger partial charge in [-0.25, -0.2) is 0 Å². The third kappa shape index (κ3) is 4.72. The third-order valence-electron chi connectivity index (χ3n) is 5.34. The number of nitrogens with zero attached hydrogens (tertiary/aromatic N) is 1. The van der Waals surface area contributed by atoms with Crippen molar-refractivity contribution in [2.24, 2.45) is 0 Å². The van der Waals surface area contributed by atoms with Crippen molar-refractivity contribution in [3.63, 3.8) is 0 Å². The minimum Gasteiger partial charge on any atom is -0.497 e. The highest BCUT2D eigenvalue weighted by Gasteiger charge is 2.20. The topological polar surface area (TPSA) is 41.9 Å². The maximum absolute atomic E-state index is 10.5. The van der Waals surface area contributed by atoms with Crippen molar-refractivity contribution in [2.45, 2.75) is 18.9 Å². The molecule has 3 aromatic rings. The van der Waals surface area contributed by atoms with E-state index in [9.17, 15) is 5.11 Å². The Balaban J connectivity index is 1.33. The number of aliphatic hydroxyl groups excluding tert-OH is 1. The molecular formula is C25H27NO3. The largest absolute Gasteiger partial charge is 0.497 e. The summed E-state index contributed by atoms with van der Waals surface area (Å²) in [6.45, 7) is 1.77. The average molecular weight is 389 g/mol. The van der Waals surface area contributed by atoms with Crippen molar-refractivity contribution in [1.82, 2.24) is 0 Å². The fraction of sp³-hybridized carbons (Fsp3) is 0.280. The Hall–Kier alpha value is -2.98. The van der Waals surface area contributed by atoms with Gasteiger partial charge in [0.1, 0.15) is 24.2 Å². The monoisotopic (exact) mass is 389 g/mol. The van der Waals surface area contributed by atoms with Crippen LogP contribution in [-0.2, 0) is 6.42 Å². The van der Waals surface area contributed by atoms with Crippen LogP contribution < -0.4 is 14.4 Å². The van der Waals surface area contributed by atoms with Crippen LogP contribution in [0.3, 0.4) is 0 Å². The van der Waals surface area contributed by atoms with Gasteiger partial charge in [-0.3, -0.25) is 0 Å². The number of anilines is 1. The molecular weight excluding hydrogens is 362 g/mol. The molecule has 1 atom stereocenters. The lowest BCUT2D eigenvalue weighted by Crippen LogP contribution is -2.38. The number of aliphatic hydroxyl groups is 1. The fourth-order valence-corrected chi connectivity index (χ4v) is 3.84. The quantitative estimate of drug-likeness (QED) is 0.643. The second-order valence-electron chi connectivity index (χ2n) is 7.40. The molecule has 1 unspecified atom stereocenters. The number of benzene rings is 3. The van der Waals surface area contributed by atoms with Crippen LogP contribution in [0, 0.1) is 0 Å². The summed E-state index contributed by atoms with van der Waals surface area (Å²) in [5.74, 6) is 1.65. The molecule has 0 aromatic heterocycles. The van der Waals surface area contributed by atoms with Crippen molar-refractivity contribution in [3.05, 3.63) is 78.4 Å². The van der Waals surface area contributed by atoms with E-state index in [1.807, 2.05) is 48.5 Å². The lowest BCUT2D eigenvalue weighted by molar-refractivity contribution is 0.112. The summed E-state index contributed by atoms with van der Waals surface area (Å²) in [4.78, 5) is 2.24. The molecule has 4 nitrogen and oxygen atoms in total. The average Bonchev–Trinajstić information content (AvgIpc) is 2.78. The van der Waals surface area contributed by atoms with Gasteiger partial charge in [-0.1, -0.05) is 42.5 Å². The molecule has 0 saturated heterocycles. The van der Waals surface area contributed by atoms with E-state index < -0.39 is 6.10 Å². The van der Waals surface area contributed by atoms with E-state index in [0.29, 0.717) is 6.54 Å². The molecule has 3 aromatic carbocycles. The summed E-state index contributed by atoms with van der Waals surface area (Å²) in [5, 5.41) is 10.5. The number of methoxy groups -OCH3 is 1. The second-order valence-corrected chi connectivity index (χ2v) is 7.40. The summed E-state index contributed by atoms with van der Waals surface area (Å²) in [6, 6.07) is 24.4. The third-order valence-corrected chi connectivity index (χ3v) is 5.34. The van der Waals surface area contributed by atoms with Crippen LogP contribution in [0.4, 0.5) is 5.69 Å². The van der Waals surface area contributed by atoms with E-state index in [4.69, 9.17) is 9.47 Å². The fourth-order valence-electron chi connectivity index (χ4n) is 3.84. The van der Waals surface area contributed by atoms with Gasteiger partial charge in [-0.2, -0.15) is 0 Å². The summed E-state index contributed by atoms with van der Waals surface area (Å²) < 4.78 is 11.2. The van der Waals surface area contributed by atoms with Crippen LogP contribution >= 0.6 is 0 Å². The standard InChI is InChI=1S/C25H27NO3/c1-28-24-13-14-25-21(16-24)8-5-15-26(25)17-22(27)18-29-23-11-9-20(10-12-23)19-6-3-2-4-7-19/h2-4,6-7,9-14,16,22,27H,5,8,15,17-18H2,1H3. The first-order valence-corrected chi connectivity index (χ1v) is 10.1. The van der Waals surface area contributed by atoms with Crippen LogP contribution in [0.25, 0.3) is 11.1 Å². The lowest BCUT2D eigenvalue weighted by atomic mass is 10.0. The van der Waals surface area contributed by atoms with Gasteiger partial charge in [0.2, 0.25) is 0 Å². The Bertz CT molecular complexity index is 925. The zero-order valence-corrected chi connectivity index (χ0v) is 16.8. The lowest BCUT2D eigenvalue weighted by Gasteiger charge is -2.33. The molecule has 1 aliphatic heterocycles. The number of rotatable bonds is 7. The zero-order valence-electron chi connectivity index (χ0n) is 16.8. The molecule has 0 radical (unpaired) electrons. The molecule has 0 spiro atoms. The van der Waals surface area contributed by atoms with E-state index in [2.05, 4.69) is 29.2 Å². The highest BCUT2D eigenvalue weighted by Crippen LogP contribution is 2.30. The minimum absolute atomic E-state index is 0.271. The number of aryl methyl sites for hydroxylation is 1. The first-order chi connectivity index (χ1) is 14.2. The van der Waals surface area contributed by atoms with Crippen molar-refractivity contribution in [1.29, 1.82) is 0 Å². The van der Waals surface area contributed by atoms with Gasteiger partial charge < -0.3 is 19.5 Å². The second kappa shape index (κ2) is 9.01. The van der Waals surface area contributed by atoms with E-state index in [1.165, 1.54) is 16.8 Å². The molecule has 0 saturated carbocycles. The highest BCUT2D eigenvalue weighted by atomic mass is 16.5. The van der Waals surface area contributed by atoms with Gasteiger partial charge in [0, 0.05) is 18.8 Å². The van der Waals surface area contributed by atoms with Gasteiger partial charge >= 0.3 is 0 Å². The SMILES string of the molecule is COc1ccc2c(c1)CCCN2CC(O)COc1ccc(-c2ccccc2)cc1. The van der Waals surface area contributed by atoms with Crippen LogP contribution in [0.2, 0.25) is 0 Å². The van der Waals surface area contributed by atoms with Gasteiger partial charge in [-0.05, 0) is 59.9 Å². The summed E-state index contributed by atoms with van der Waals surface area (Å²) in [7, 11) is 1.69. The predicted molar refractivity (Wildman–Crippen MR) is 117 cm³/mol. The Morgan fingerprint density at radius 1 is 0.931 bits per heavy atom.